The third-order valence-corrected chi connectivity index (χ3v) is 7.65. The topological polar surface area (TPSA) is 98.7 Å². The molecule has 0 unspecified atom stereocenters. The van der Waals surface area contributed by atoms with Gasteiger partial charge in [-0.05, 0) is 69.2 Å². The summed E-state index contributed by atoms with van der Waals surface area (Å²) in [4.78, 5) is 27.9. The van der Waals surface area contributed by atoms with Crippen molar-refractivity contribution in [1.29, 1.82) is 0 Å². The summed E-state index contributed by atoms with van der Waals surface area (Å²) in [5.74, 6) is 0.575. The molecular formula is C28H29ClN6O. The van der Waals surface area contributed by atoms with E-state index in [9.17, 15) is 4.79 Å². The normalized spacial score (nSPS) is 20.0. The van der Waals surface area contributed by atoms with Crippen LogP contribution in [0.3, 0.4) is 0 Å². The van der Waals surface area contributed by atoms with Crippen LogP contribution in [0.5, 0.6) is 0 Å². The monoisotopic (exact) mass is 500 g/mol. The number of nitrogens with zero attached hydrogens (tertiary/aromatic N) is 4. The molecule has 2 saturated carbocycles. The van der Waals surface area contributed by atoms with Crippen molar-refractivity contribution >= 4 is 28.6 Å². The number of hydrogen-bond acceptors (Lipinski definition) is 6. The quantitative estimate of drug-likeness (QED) is 0.375. The van der Waals surface area contributed by atoms with E-state index in [-0.39, 0.29) is 17.6 Å². The van der Waals surface area contributed by atoms with Crippen molar-refractivity contribution in [1.82, 2.24) is 19.5 Å². The number of nitrogens with two attached hydrogens (primary N) is 1. The summed E-state index contributed by atoms with van der Waals surface area (Å²) >= 11 is 6.80. The predicted molar refractivity (Wildman–Crippen MR) is 144 cm³/mol. The highest BCUT2D eigenvalue weighted by atomic mass is 35.5. The van der Waals surface area contributed by atoms with Crippen molar-refractivity contribution in [3.05, 3.63) is 69.7 Å². The summed E-state index contributed by atoms with van der Waals surface area (Å²) in [6, 6.07) is 12.2. The van der Waals surface area contributed by atoms with Gasteiger partial charge in [-0.2, -0.15) is 4.98 Å². The molecule has 8 heteroatoms. The van der Waals surface area contributed by atoms with Gasteiger partial charge < -0.3 is 11.1 Å². The van der Waals surface area contributed by atoms with E-state index in [2.05, 4.69) is 15.3 Å². The molecule has 36 heavy (non-hydrogen) atoms. The van der Waals surface area contributed by atoms with Crippen molar-refractivity contribution in [3.63, 3.8) is 0 Å². The van der Waals surface area contributed by atoms with E-state index in [1.165, 1.54) is 0 Å². The first kappa shape index (κ1) is 23.1. The molecule has 6 rings (SSSR count). The summed E-state index contributed by atoms with van der Waals surface area (Å²) in [6.45, 7) is 2.02. The average molecular weight is 501 g/mol. The van der Waals surface area contributed by atoms with E-state index < -0.39 is 0 Å². The highest BCUT2D eigenvalue weighted by Gasteiger charge is 2.26. The Balaban J connectivity index is 1.49. The van der Waals surface area contributed by atoms with Gasteiger partial charge in [0.05, 0.1) is 5.69 Å². The van der Waals surface area contributed by atoms with E-state index in [1.54, 1.807) is 12.4 Å². The van der Waals surface area contributed by atoms with E-state index in [4.69, 9.17) is 22.3 Å². The second-order valence-electron chi connectivity index (χ2n) is 10.1. The molecule has 3 aromatic heterocycles. The molecule has 1 aromatic carbocycles. The Kier molecular flexibility index (Phi) is 5.97. The van der Waals surface area contributed by atoms with Gasteiger partial charge in [-0.15, -0.1) is 0 Å². The molecule has 0 radical (unpaired) electrons. The van der Waals surface area contributed by atoms with Gasteiger partial charge in [-0.25, -0.2) is 4.98 Å². The molecule has 0 aliphatic heterocycles. The first-order chi connectivity index (χ1) is 17.5. The maximum Gasteiger partial charge on any atom is 0.260 e. The molecule has 2 aliphatic carbocycles. The van der Waals surface area contributed by atoms with Crippen LogP contribution in [-0.4, -0.2) is 31.6 Å². The first-order valence-corrected chi connectivity index (χ1v) is 13.0. The van der Waals surface area contributed by atoms with Crippen molar-refractivity contribution in [3.8, 4) is 22.4 Å². The van der Waals surface area contributed by atoms with Crippen LogP contribution < -0.4 is 16.6 Å². The van der Waals surface area contributed by atoms with Crippen molar-refractivity contribution in [2.75, 3.05) is 5.32 Å². The number of anilines is 1. The van der Waals surface area contributed by atoms with Crippen LogP contribution in [0.15, 0.2) is 53.6 Å². The Hall–Kier alpha value is -3.29. The van der Waals surface area contributed by atoms with Crippen LogP contribution in [0.2, 0.25) is 5.02 Å². The largest absolute Gasteiger partial charge is 0.351 e. The van der Waals surface area contributed by atoms with Gasteiger partial charge in [0.25, 0.3) is 5.56 Å². The van der Waals surface area contributed by atoms with Gasteiger partial charge >= 0.3 is 0 Å². The Labute approximate surface area is 214 Å². The van der Waals surface area contributed by atoms with Crippen LogP contribution in [0, 0.1) is 6.92 Å². The highest BCUT2D eigenvalue weighted by molar-refractivity contribution is 6.33. The number of pyridine rings is 2. The summed E-state index contributed by atoms with van der Waals surface area (Å²) in [7, 11) is 0. The molecule has 0 amide bonds. The smallest absolute Gasteiger partial charge is 0.260 e. The van der Waals surface area contributed by atoms with E-state index >= 15 is 0 Å². The molecule has 184 valence electrons. The minimum atomic E-state index is -0.0808. The molecule has 2 fully saturated rings. The molecule has 2 aliphatic rings. The van der Waals surface area contributed by atoms with Crippen LogP contribution in [0.1, 0.15) is 50.1 Å². The number of aromatic nitrogens is 4. The summed E-state index contributed by atoms with van der Waals surface area (Å²) in [5.41, 5.74) is 10.9. The third-order valence-electron chi connectivity index (χ3n) is 7.33. The second kappa shape index (κ2) is 9.30. The zero-order chi connectivity index (χ0) is 24.8. The Morgan fingerprint density at radius 2 is 1.83 bits per heavy atom. The molecular weight excluding hydrogens is 472 g/mol. The van der Waals surface area contributed by atoms with Crippen LogP contribution in [0.25, 0.3) is 33.4 Å². The fourth-order valence-electron chi connectivity index (χ4n) is 5.16. The van der Waals surface area contributed by atoms with Gasteiger partial charge in [0.15, 0.2) is 0 Å². The second-order valence-corrected chi connectivity index (χ2v) is 10.5. The van der Waals surface area contributed by atoms with Gasteiger partial charge in [0.1, 0.15) is 5.65 Å². The van der Waals surface area contributed by atoms with E-state index in [1.807, 2.05) is 47.9 Å². The van der Waals surface area contributed by atoms with Gasteiger partial charge in [0, 0.05) is 57.6 Å². The average Bonchev–Trinajstić information content (AvgIpc) is 3.69. The number of halogens is 1. The third kappa shape index (κ3) is 4.38. The molecule has 3 N–H and O–H groups in total. The molecule has 0 saturated heterocycles. The molecule has 3 heterocycles. The van der Waals surface area contributed by atoms with Gasteiger partial charge in [0.2, 0.25) is 5.95 Å². The maximum absolute atomic E-state index is 14.1. The predicted octanol–water partition coefficient (Wildman–Crippen LogP) is 5.50. The minimum Gasteiger partial charge on any atom is -0.351 e. The number of fused-ring (bicyclic) bond motifs is 1. The molecule has 0 spiro atoms. The SMILES string of the molecule is Cc1cccnc1-c1ccc(-c2cc3cnc(NC4CC4)nc3n([C@H]3CC[C@H](N)CC3)c2=O)c(Cl)c1. The lowest BCUT2D eigenvalue weighted by Gasteiger charge is -2.29. The van der Waals surface area contributed by atoms with Crippen LogP contribution in [0.4, 0.5) is 5.95 Å². The Morgan fingerprint density at radius 1 is 1.03 bits per heavy atom. The lowest BCUT2D eigenvalue weighted by molar-refractivity contribution is 0.324. The number of hydrogen-bond donors (Lipinski definition) is 2. The minimum absolute atomic E-state index is 0.0395. The Bertz CT molecular complexity index is 1500. The lowest BCUT2D eigenvalue weighted by atomic mass is 9.91. The van der Waals surface area contributed by atoms with Crippen molar-refractivity contribution in [2.45, 2.75) is 63.6 Å². The highest BCUT2D eigenvalue weighted by Crippen LogP contribution is 2.35. The van der Waals surface area contributed by atoms with Crippen molar-refractivity contribution in [2.24, 2.45) is 5.73 Å². The summed E-state index contributed by atoms with van der Waals surface area (Å²) in [5, 5.41) is 4.70. The fourth-order valence-corrected chi connectivity index (χ4v) is 5.44. The van der Waals surface area contributed by atoms with Gasteiger partial charge in [-0.1, -0.05) is 29.8 Å². The zero-order valence-corrected chi connectivity index (χ0v) is 21.0. The standard InChI is InChI=1S/C28H29ClN6O/c1-16-3-2-12-31-25(16)17-4-11-22(24(29)14-17)23-13-18-15-32-28(33-20-7-8-20)34-26(18)35(27(23)36)21-9-5-19(30)6-10-21/h2-4,11-15,19-21H,5-10,30H2,1H3,(H,32,33,34)/t19-,21-. The molecule has 0 atom stereocenters. The number of rotatable bonds is 5. The summed E-state index contributed by atoms with van der Waals surface area (Å²) < 4.78 is 1.86. The summed E-state index contributed by atoms with van der Waals surface area (Å²) in [6.07, 6.45) is 9.30. The fraction of sp³-hybridized carbons (Fsp3) is 0.357. The number of aryl methyl sites for hydroxylation is 1. The molecule has 7 nitrogen and oxygen atoms in total. The number of benzene rings is 1. The molecule has 0 bridgehead atoms. The maximum atomic E-state index is 14.1. The van der Waals surface area contributed by atoms with E-state index in [0.717, 1.165) is 60.7 Å². The molecule has 4 aromatic rings. The van der Waals surface area contributed by atoms with Crippen LogP contribution in [-0.2, 0) is 0 Å². The van der Waals surface area contributed by atoms with Crippen molar-refractivity contribution < 1.29 is 0 Å². The van der Waals surface area contributed by atoms with E-state index in [0.29, 0.717) is 33.8 Å². The lowest BCUT2D eigenvalue weighted by Crippen LogP contribution is -2.33. The zero-order valence-electron chi connectivity index (χ0n) is 20.2. The van der Waals surface area contributed by atoms with Gasteiger partial charge in [-0.3, -0.25) is 14.3 Å². The Morgan fingerprint density at radius 3 is 2.56 bits per heavy atom. The number of nitrogens with one attached hydrogen (secondary N) is 1. The first-order valence-electron chi connectivity index (χ1n) is 12.6. The van der Waals surface area contributed by atoms with Crippen LogP contribution >= 0.6 is 11.6 Å².